The van der Waals surface area contributed by atoms with E-state index in [0.29, 0.717) is 23.2 Å². The number of sulfone groups is 1. The number of carbonyl (C=O) groups is 1. The van der Waals surface area contributed by atoms with Crippen LogP contribution in [0.5, 0.6) is 0 Å². The van der Waals surface area contributed by atoms with Gasteiger partial charge < -0.3 is 4.90 Å². The highest BCUT2D eigenvalue weighted by Crippen LogP contribution is 2.31. The number of Topliss-reactive ketones (excluding diaryl/α,β-unsaturated/α-hetero) is 1. The summed E-state index contributed by atoms with van der Waals surface area (Å²) in [5.41, 5.74) is 1.53. The van der Waals surface area contributed by atoms with Crippen LogP contribution in [-0.4, -0.2) is 38.9 Å². The van der Waals surface area contributed by atoms with Crippen LogP contribution < -0.4 is 0 Å². The van der Waals surface area contributed by atoms with E-state index in [1.54, 1.807) is 24.3 Å². The van der Waals surface area contributed by atoms with Gasteiger partial charge in [0.25, 0.3) is 0 Å². The molecule has 1 heterocycles. The van der Waals surface area contributed by atoms with Gasteiger partial charge in [-0.15, -0.1) is 0 Å². The summed E-state index contributed by atoms with van der Waals surface area (Å²) < 4.78 is 51.1. The van der Waals surface area contributed by atoms with Crippen LogP contribution in [0.3, 0.4) is 0 Å². The summed E-state index contributed by atoms with van der Waals surface area (Å²) in [6.45, 7) is 0.451. The zero-order valence-electron chi connectivity index (χ0n) is 16.1. The first kappa shape index (κ1) is 20.9. The molecule has 152 valence electrons. The topological polar surface area (TPSA) is 54.5 Å². The maximum Gasteiger partial charge on any atom is 0.175 e. The molecule has 2 aromatic rings. The number of nitrogens with zero attached hydrogens (tertiary/aromatic N) is 1. The third-order valence-electron chi connectivity index (χ3n) is 4.80. The molecule has 0 aliphatic carbocycles. The quantitative estimate of drug-likeness (QED) is 0.717. The summed E-state index contributed by atoms with van der Waals surface area (Å²) in [5.74, 6) is -2.21. The van der Waals surface area contributed by atoms with E-state index in [-0.39, 0.29) is 17.1 Å². The second-order valence-corrected chi connectivity index (χ2v) is 9.19. The number of halogens is 2. The van der Waals surface area contributed by atoms with Crippen LogP contribution in [0.2, 0.25) is 0 Å². The molecule has 0 saturated carbocycles. The van der Waals surface area contributed by atoms with E-state index in [0.717, 1.165) is 12.3 Å². The van der Waals surface area contributed by atoms with Gasteiger partial charge in [0.2, 0.25) is 0 Å². The highest BCUT2D eigenvalue weighted by Gasteiger charge is 2.23. The number of hydrogen-bond acceptors (Lipinski definition) is 4. The molecule has 1 atom stereocenters. The fraction of sp³-hybridized carbons (Fsp3) is 0.227. The summed E-state index contributed by atoms with van der Waals surface area (Å²) in [4.78, 5) is 14.9. The molecule has 0 saturated heterocycles. The maximum atomic E-state index is 13.8. The van der Waals surface area contributed by atoms with Gasteiger partial charge in [0.15, 0.2) is 15.6 Å². The second-order valence-electron chi connectivity index (χ2n) is 7.17. The molecule has 1 aliphatic heterocycles. The van der Waals surface area contributed by atoms with Gasteiger partial charge in [-0.1, -0.05) is 18.2 Å². The Hall–Kier alpha value is -2.80. The Kier molecular flexibility index (Phi) is 5.98. The molecule has 2 aromatic carbocycles. The third-order valence-corrected chi connectivity index (χ3v) is 5.93. The van der Waals surface area contributed by atoms with Gasteiger partial charge in [-0.25, -0.2) is 17.2 Å². The number of allylic oxidation sites excluding steroid dienone is 2. The first-order valence-corrected chi connectivity index (χ1v) is 10.9. The molecule has 3 rings (SSSR count). The standard InChI is InChI=1S/C22H21F2NO3S/c1-25-9-3-4-16(14-25)22(26)13-21(17-10-18(23)12-19(24)11-17)15-5-7-20(8-6-15)29(2,27)28/h3-12,21H,13-14H2,1-2H3. The highest BCUT2D eigenvalue weighted by atomic mass is 32.2. The molecular formula is C22H21F2NO3S. The summed E-state index contributed by atoms with van der Waals surface area (Å²) in [5, 5.41) is 0. The van der Waals surface area contributed by atoms with E-state index in [4.69, 9.17) is 0 Å². The summed E-state index contributed by atoms with van der Waals surface area (Å²) in [6, 6.07) is 9.22. The van der Waals surface area contributed by atoms with Crippen molar-refractivity contribution in [3.8, 4) is 0 Å². The minimum atomic E-state index is -3.38. The van der Waals surface area contributed by atoms with Gasteiger partial charge in [0.1, 0.15) is 11.6 Å². The lowest BCUT2D eigenvalue weighted by atomic mass is 9.85. The molecule has 0 spiro atoms. The molecule has 4 nitrogen and oxygen atoms in total. The first-order chi connectivity index (χ1) is 13.6. The summed E-state index contributed by atoms with van der Waals surface area (Å²) >= 11 is 0. The average Bonchev–Trinajstić information content (AvgIpc) is 2.64. The normalized spacial score (nSPS) is 15.2. The highest BCUT2D eigenvalue weighted by molar-refractivity contribution is 7.90. The molecule has 0 bridgehead atoms. The maximum absolute atomic E-state index is 13.8. The van der Waals surface area contributed by atoms with E-state index in [1.165, 1.54) is 24.3 Å². The Bertz CT molecular complexity index is 1070. The van der Waals surface area contributed by atoms with E-state index in [2.05, 4.69) is 0 Å². The smallest absolute Gasteiger partial charge is 0.175 e. The largest absolute Gasteiger partial charge is 0.376 e. The van der Waals surface area contributed by atoms with Crippen molar-refractivity contribution in [1.29, 1.82) is 0 Å². The Morgan fingerprint density at radius 2 is 1.69 bits per heavy atom. The molecule has 0 amide bonds. The van der Waals surface area contributed by atoms with Crippen LogP contribution >= 0.6 is 0 Å². The number of likely N-dealkylation sites (N-methyl/N-ethyl adjacent to an activating group) is 1. The van der Waals surface area contributed by atoms with Gasteiger partial charge in [-0.3, -0.25) is 4.79 Å². The molecule has 1 aliphatic rings. The van der Waals surface area contributed by atoms with Gasteiger partial charge in [-0.2, -0.15) is 0 Å². The van der Waals surface area contributed by atoms with Crippen LogP contribution in [-0.2, 0) is 14.6 Å². The number of carbonyl (C=O) groups excluding carboxylic acids is 1. The molecule has 0 aromatic heterocycles. The van der Waals surface area contributed by atoms with Crippen molar-refractivity contribution in [2.24, 2.45) is 0 Å². The van der Waals surface area contributed by atoms with Crippen molar-refractivity contribution in [2.45, 2.75) is 17.2 Å². The lowest BCUT2D eigenvalue weighted by Crippen LogP contribution is -2.22. The zero-order valence-corrected chi connectivity index (χ0v) is 16.9. The molecular weight excluding hydrogens is 396 g/mol. The van der Waals surface area contributed by atoms with Crippen molar-refractivity contribution < 1.29 is 22.0 Å². The van der Waals surface area contributed by atoms with Crippen LogP contribution in [0.1, 0.15) is 23.5 Å². The van der Waals surface area contributed by atoms with Gasteiger partial charge in [-0.05, 0) is 47.7 Å². The monoisotopic (exact) mass is 417 g/mol. The molecule has 0 radical (unpaired) electrons. The molecule has 0 N–H and O–H groups in total. The number of rotatable bonds is 6. The van der Waals surface area contributed by atoms with E-state index >= 15 is 0 Å². The fourth-order valence-electron chi connectivity index (χ4n) is 3.33. The Morgan fingerprint density at radius 1 is 1.07 bits per heavy atom. The number of ketones is 1. The molecule has 0 fully saturated rings. The van der Waals surface area contributed by atoms with Crippen LogP contribution in [0.4, 0.5) is 8.78 Å². The lowest BCUT2D eigenvalue weighted by Gasteiger charge is -2.22. The van der Waals surface area contributed by atoms with Gasteiger partial charge in [0, 0.05) is 43.8 Å². The fourth-order valence-corrected chi connectivity index (χ4v) is 3.96. The summed E-state index contributed by atoms with van der Waals surface area (Å²) in [7, 11) is -1.53. The Balaban J connectivity index is 1.99. The van der Waals surface area contributed by atoms with Crippen LogP contribution in [0.25, 0.3) is 0 Å². The van der Waals surface area contributed by atoms with Gasteiger partial charge >= 0.3 is 0 Å². The average molecular weight is 417 g/mol. The Morgan fingerprint density at radius 3 is 2.24 bits per heavy atom. The van der Waals surface area contributed by atoms with Crippen molar-refractivity contribution >= 4 is 15.6 Å². The van der Waals surface area contributed by atoms with Crippen molar-refractivity contribution in [3.63, 3.8) is 0 Å². The van der Waals surface area contributed by atoms with Crippen molar-refractivity contribution in [1.82, 2.24) is 4.90 Å². The van der Waals surface area contributed by atoms with Crippen molar-refractivity contribution in [3.05, 3.63) is 89.2 Å². The van der Waals surface area contributed by atoms with E-state index in [9.17, 15) is 22.0 Å². The first-order valence-electron chi connectivity index (χ1n) is 9.00. The SMILES string of the molecule is CN1C=CC=C(C(=O)CC(c2ccc(S(C)(=O)=O)cc2)c2cc(F)cc(F)c2)C1. The number of benzene rings is 2. The lowest BCUT2D eigenvalue weighted by molar-refractivity contribution is -0.116. The zero-order chi connectivity index (χ0) is 21.2. The molecule has 7 heteroatoms. The minimum absolute atomic E-state index is 0.00856. The number of hydrogen-bond donors (Lipinski definition) is 0. The van der Waals surface area contributed by atoms with Crippen molar-refractivity contribution in [2.75, 3.05) is 19.8 Å². The summed E-state index contributed by atoms with van der Waals surface area (Å²) in [6.07, 6.45) is 6.46. The Labute approximate surface area is 169 Å². The predicted molar refractivity (Wildman–Crippen MR) is 107 cm³/mol. The van der Waals surface area contributed by atoms with Gasteiger partial charge in [0.05, 0.1) is 4.90 Å². The predicted octanol–water partition coefficient (Wildman–Crippen LogP) is 3.84. The molecule has 29 heavy (non-hydrogen) atoms. The third kappa shape index (κ3) is 5.17. The molecule has 1 unspecified atom stereocenters. The van der Waals surface area contributed by atoms with Crippen LogP contribution in [0, 0.1) is 11.6 Å². The van der Waals surface area contributed by atoms with E-state index in [1.807, 2.05) is 18.1 Å². The van der Waals surface area contributed by atoms with Crippen LogP contribution in [0.15, 0.2) is 71.3 Å². The van der Waals surface area contributed by atoms with E-state index < -0.39 is 27.4 Å². The second kappa shape index (κ2) is 8.29. The minimum Gasteiger partial charge on any atom is -0.376 e.